The molecule has 1 amide bonds. The quantitative estimate of drug-likeness (QED) is 0.450. The minimum atomic E-state index is -0.705. The van der Waals surface area contributed by atoms with Crippen molar-refractivity contribution in [1.29, 1.82) is 0 Å². The molecule has 37 heavy (non-hydrogen) atoms. The third-order valence-corrected chi connectivity index (χ3v) is 6.03. The number of esters is 1. The summed E-state index contributed by atoms with van der Waals surface area (Å²) in [5.74, 6) is 1.19. The summed E-state index contributed by atoms with van der Waals surface area (Å²) in [5.41, 5.74) is 0.913. The van der Waals surface area contributed by atoms with Crippen molar-refractivity contribution in [2.24, 2.45) is 0 Å². The molecule has 0 bridgehead atoms. The lowest BCUT2D eigenvalue weighted by atomic mass is 10.1. The maximum atomic E-state index is 13.2. The van der Waals surface area contributed by atoms with Crippen molar-refractivity contribution in [3.05, 3.63) is 36.0 Å². The van der Waals surface area contributed by atoms with E-state index in [1.807, 2.05) is 51.7 Å². The molecular weight excluding hydrogens is 472 g/mol. The Morgan fingerprint density at radius 3 is 2.32 bits per heavy atom. The highest BCUT2D eigenvalue weighted by atomic mass is 16.6. The van der Waals surface area contributed by atoms with Crippen LogP contribution in [0.1, 0.15) is 53.0 Å². The second kappa shape index (κ2) is 12.6. The summed E-state index contributed by atoms with van der Waals surface area (Å²) in [7, 11) is 1.78. The molecule has 2 heterocycles. The molecule has 0 saturated carbocycles. The number of nitrogens with one attached hydrogen (secondary N) is 2. The van der Waals surface area contributed by atoms with Crippen LogP contribution in [0.25, 0.3) is 0 Å². The van der Waals surface area contributed by atoms with Gasteiger partial charge in [0.25, 0.3) is 0 Å². The molecule has 1 fully saturated rings. The van der Waals surface area contributed by atoms with Crippen molar-refractivity contribution >= 4 is 29.5 Å². The van der Waals surface area contributed by atoms with Gasteiger partial charge in [-0.15, -0.1) is 0 Å². The molecule has 1 atom stereocenters. The highest BCUT2D eigenvalue weighted by Crippen LogP contribution is 2.24. The van der Waals surface area contributed by atoms with Gasteiger partial charge in [0.05, 0.1) is 11.9 Å². The Balaban J connectivity index is 1.80. The van der Waals surface area contributed by atoms with E-state index >= 15 is 0 Å². The summed E-state index contributed by atoms with van der Waals surface area (Å²) in [4.78, 5) is 38.4. The lowest BCUT2D eigenvalue weighted by Gasteiger charge is -2.26. The average Bonchev–Trinajstić information content (AvgIpc) is 3.40. The smallest absolute Gasteiger partial charge is 0.415 e. The zero-order chi connectivity index (χ0) is 27.0. The van der Waals surface area contributed by atoms with Gasteiger partial charge in [0.2, 0.25) is 5.95 Å². The number of carbonyl (C=O) groups excluding carboxylic acids is 2. The third-order valence-electron chi connectivity index (χ3n) is 6.03. The summed E-state index contributed by atoms with van der Waals surface area (Å²) in [5, 5.41) is 6.38. The molecule has 1 aromatic carbocycles. The van der Waals surface area contributed by atoms with E-state index in [-0.39, 0.29) is 12.1 Å². The molecule has 2 aromatic rings. The number of benzene rings is 1. The van der Waals surface area contributed by atoms with Crippen LogP contribution in [0.4, 0.5) is 22.2 Å². The van der Waals surface area contributed by atoms with Gasteiger partial charge < -0.3 is 29.9 Å². The maximum absolute atomic E-state index is 13.2. The molecule has 10 heteroatoms. The highest BCUT2D eigenvalue weighted by molar-refractivity contribution is 5.81. The molecule has 2 N–H and O–H groups in total. The summed E-state index contributed by atoms with van der Waals surface area (Å²) >= 11 is 0. The number of amides is 1. The molecule has 1 saturated heterocycles. The van der Waals surface area contributed by atoms with Gasteiger partial charge in [-0.05, 0) is 65.2 Å². The number of anilines is 3. The Morgan fingerprint density at radius 2 is 1.76 bits per heavy atom. The fraction of sp³-hybridized carbons (Fsp3) is 0.556. The highest BCUT2D eigenvalue weighted by Gasteiger charge is 2.27. The lowest BCUT2D eigenvalue weighted by molar-refractivity contribution is -0.155. The first-order valence-corrected chi connectivity index (χ1v) is 13.0. The van der Waals surface area contributed by atoms with Crippen LogP contribution in [0, 0.1) is 0 Å². The van der Waals surface area contributed by atoms with Gasteiger partial charge in [-0.25, -0.2) is 14.6 Å². The van der Waals surface area contributed by atoms with E-state index < -0.39 is 11.6 Å². The summed E-state index contributed by atoms with van der Waals surface area (Å²) in [6.07, 6.45) is 3.74. The zero-order valence-electron chi connectivity index (χ0n) is 22.8. The Kier molecular flexibility index (Phi) is 9.54. The molecule has 0 unspecified atom stereocenters. The monoisotopic (exact) mass is 512 g/mol. The van der Waals surface area contributed by atoms with Crippen molar-refractivity contribution in [2.75, 3.05) is 48.8 Å². The van der Waals surface area contributed by atoms with Crippen LogP contribution < -0.4 is 20.3 Å². The Morgan fingerprint density at radius 1 is 1.11 bits per heavy atom. The van der Waals surface area contributed by atoms with Crippen LogP contribution in [0.3, 0.4) is 0 Å². The number of likely N-dealkylation sites (tertiary alicyclic amines) is 1. The Bertz CT molecular complexity index is 1040. The number of carbonyl (C=O) groups is 2. The molecule has 1 aliphatic rings. The number of nitrogens with zero attached hydrogens (tertiary/aromatic N) is 4. The molecular formula is C27H40N6O4. The number of ether oxygens (including phenoxy) is 2. The third kappa shape index (κ3) is 7.96. The van der Waals surface area contributed by atoms with E-state index in [1.54, 1.807) is 30.3 Å². The normalized spacial score (nSPS) is 14.2. The van der Waals surface area contributed by atoms with Crippen LogP contribution in [0.15, 0.2) is 30.5 Å². The van der Waals surface area contributed by atoms with Gasteiger partial charge in [-0.2, -0.15) is 4.98 Å². The SMILES string of the molecule is CCN(CC)c1ncc(NC)c(N[C@@H](Cc2ccc(OC(=O)N3CCCC3)cc2)C(=O)OC(C)(C)C)n1. The van der Waals surface area contributed by atoms with E-state index in [2.05, 4.69) is 15.6 Å². The van der Waals surface area contributed by atoms with Gasteiger partial charge >= 0.3 is 12.1 Å². The Labute approximate surface area is 219 Å². The van der Waals surface area contributed by atoms with E-state index in [1.165, 1.54) is 0 Å². The lowest BCUT2D eigenvalue weighted by Crippen LogP contribution is -2.38. The summed E-state index contributed by atoms with van der Waals surface area (Å²) in [6.45, 7) is 12.6. The predicted molar refractivity (Wildman–Crippen MR) is 145 cm³/mol. The topological polar surface area (TPSA) is 109 Å². The van der Waals surface area contributed by atoms with Gasteiger partial charge in [-0.3, -0.25) is 0 Å². The first-order chi connectivity index (χ1) is 17.6. The fourth-order valence-corrected chi connectivity index (χ4v) is 4.05. The van der Waals surface area contributed by atoms with E-state index in [4.69, 9.17) is 14.5 Å². The van der Waals surface area contributed by atoms with E-state index in [0.717, 1.165) is 44.6 Å². The van der Waals surface area contributed by atoms with Crippen LogP contribution >= 0.6 is 0 Å². The van der Waals surface area contributed by atoms with Crippen molar-refractivity contribution in [2.45, 2.75) is 65.5 Å². The van der Waals surface area contributed by atoms with Gasteiger partial charge in [0, 0.05) is 39.6 Å². The van der Waals surface area contributed by atoms with Crippen LogP contribution in [0.5, 0.6) is 5.75 Å². The summed E-state index contributed by atoms with van der Waals surface area (Å²) < 4.78 is 11.2. The van der Waals surface area contributed by atoms with Gasteiger partial charge in [0.15, 0.2) is 5.82 Å². The molecule has 1 aromatic heterocycles. The largest absolute Gasteiger partial charge is 0.458 e. The van der Waals surface area contributed by atoms with Crippen molar-refractivity contribution in [3.8, 4) is 5.75 Å². The maximum Gasteiger partial charge on any atom is 0.415 e. The zero-order valence-corrected chi connectivity index (χ0v) is 22.8. The van der Waals surface area contributed by atoms with Gasteiger partial charge in [-0.1, -0.05) is 12.1 Å². The number of hydrogen-bond acceptors (Lipinski definition) is 9. The van der Waals surface area contributed by atoms with Crippen molar-refractivity contribution < 1.29 is 19.1 Å². The Hall–Kier alpha value is -3.56. The molecule has 0 spiro atoms. The predicted octanol–water partition coefficient (Wildman–Crippen LogP) is 4.32. The summed E-state index contributed by atoms with van der Waals surface area (Å²) in [6, 6.07) is 6.50. The molecule has 3 rings (SSSR count). The molecule has 1 aliphatic heterocycles. The minimum absolute atomic E-state index is 0.328. The fourth-order valence-electron chi connectivity index (χ4n) is 4.05. The van der Waals surface area contributed by atoms with Crippen LogP contribution in [-0.2, 0) is 16.0 Å². The molecule has 202 valence electrons. The molecule has 0 aliphatic carbocycles. The van der Waals surface area contributed by atoms with Crippen molar-refractivity contribution in [1.82, 2.24) is 14.9 Å². The second-order valence-electron chi connectivity index (χ2n) is 10.00. The van der Waals surface area contributed by atoms with Crippen molar-refractivity contribution in [3.63, 3.8) is 0 Å². The average molecular weight is 513 g/mol. The number of rotatable bonds is 10. The van der Waals surface area contributed by atoms with E-state index in [9.17, 15) is 9.59 Å². The van der Waals surface area contributed by atoms with Gasteiger partial charge in [0.1, 0.15) is 17.4 Å². The molecule has 0 radical (unpaired) electrons. The second-order valence-corrected chi connectivity index (χ2v) is 10.00. The number of aromatic nitrogens is 2. The van der Waals surface area contributed by atoms with E-state index in [0.29, 0.717) is 29.6 Å². The first kappa shape index (κ1) is 28.0. The van der Waals surface area contributed by atoms with Crippen LogP contribution in [-0.4, -0.2) is 71.8 Å². The minimum Gasteiger partial charge on any atom is -0.458 e. The molecule has 10 nitrogen and oxygen atoms in total. The van der Waals surface area contributed by atoms with Crippen LogP contribution in [0.2, 0.25) is 0 Å². The number of hydrogen-bond donors (Lipinski definition) is 2. The standard InChI is InChI=1S/C27H40N6O4/c1-7-32(8-2)25-29-18-22(28-6)23(31-25)30-21(24(34)37-27(3,4)5)17-19-11-13-20(14-12-19)36-26(35)33-15-9-10-16-33/h11-14,18,21,28H,7-10,15-17H2,1-6H3,(H,29,30,31)/t21-/m0/s1. The first-order valence-electron chi connectivity index (χ1n) is 13.0.